The third-order valence-electron chi connectivity index (χ3n) is 2.83. The van der Waals surface area contributed by atoms with Crippen molar-refractivity contribution in [2.45, 2.75) is 6.04 Å². The van der Waals surface area contributed by atoms with Crippen LogP contribution in [0.1, 0.15) is 11.6 Å². The Kier molecular flexibility index (Phi) is 4.64. The van der Waals surface area contributed by atoms with E-state index in [9.17, 15) is 0 Å². The van der Waals surface area contributed by atoms with Gasteiger partial charge in [-0.2, -0.15) is 0 Å². The predicted octanol–water partition coefficient (Wildman–Crippen LogP) is 1.90. The number of ether oxygens (including phenoxy) is 2. The molecule has 0 aliphatic rings. The van der Waals surface area contributed by atoms with Gasteiger partial charge in [0.05, 0.1) is 25.9 Å². The molecule has 0 radical (unpaired) electrons. The van der Waals surface area contributed by atoms with Gasteiger partial charge in [-0.05, 0) is 10.9 Å². The number of nitrogens with two attached hydrogens (primary N) is 1. The van der Waals surface area contributed by atoms with Gasteiger partial charge >= 0.3 is 0 Å². The molecule has 1 aromatic heterocycles. The zero-order valence-electron chi connectivity index (χ0n) is 10.5. The Balaban J connectivity index is 2.10. The van der Waals surface area contributed by atoms with Crippen molar-refractivity contribution in [1.29, 1.82) is 0 Å². The smallest absolute Gasteiger partial charge is 0.0701 e. The monoisotopic (exact) mass is 246 g/mol. The molecule has 0 saturated heterocycles. The summed E-state index contributed by atoms with van der Waals surface area (Å²) in [6.07, 6.45) is 3.66. The molecule has 0 aliphatic heterocycles. The number of aromatic nitrogens is 1. The molecule has 0 saturated carbocycles. The molecule has 1 aromatic carbocycles. The van der Waals surface area contributed by atoms with E-state index in [1.165, 1.54) is 0 Å². The fourth-order valence-electron chi connectivity index (χ4n) is 1.88. The summed E-state index contributed by atoms with van der Waals surface area (Å²) < 4.78 is 10.4. The van der Waals surface area contributed by atoms with Crippen molar-refractivity contribution in [2.75, 3.05) is 26.9 Å². The molecule has 18 heavy (non-hydrogen) atoms. The standard InChI is InChI=1S/C14H18N2O2/c1-17-6-7-18-10-14(15)13-9-16-8-11-4-2-3-5-12(11)13/h2-5,8-9,14H,6-7,10,15H2,1H3. The summed E-state index contributed by atoms with van der Waals surface area (Å²) in [5.74, 6) is 0. The Hall–Kier alpha value is -1.49. The van der Waals surface area contributed by atoms with Gasteiger partial charge in [-0.15, -0.1) is 0 Å². The maximum atomic E-state index is 6.14. The highest BCUT2D eigenvalue weighted by atomic mass is 16.5. The van der Waals surface area contributed by atoms with Crippen LogP contribution in [0.3, 0.4) is 0 Å². The van der Waals surface area contributed by atoms with Gasteiger partial charge in [0.15, 0.2) is 0 Å². The average molecular weight is 246 g/mol. The van der Waals surface area contributed by atoms with Crippen molar-refractivity contribution in [3.8, 4) is 0 Å². The van der Waals surface area contributed by atoms with Crippen molar-refractivity contribution >= 4 is 10.8 Å². The molecule has 1 unspecified atom stereocenters. The molecule has 1 atom stereocenters. The maximum Gasteiger partial charge on any atom is 0.0701 e. The second-order valence-electron chi connectivity index (χ2n) is 4.12. The van der Waals surface area contributed by atoms with E-state index in [1.807, 2.05) is 30.6 Å². The number of rotatable bonds is 6. The minimum absolute atomic E-state index is 0.166. The molecule has 0 bridgehead atoms. The van der Waals surface area contributed by atoms with E-state index in [0.29, 0.717) is 19.8 Å². The van der Waals surface area contributed by atoms with E-state index in [4.69, 9.17) is 15.2 Å². The van der Waals surface area contributed by atoms with Gasteiger partial charge in [0.1, 0.15) is 0 Å². The molecule has 0 aliphatic carbocycles. The third-order valence-corrected chi connectivity index (χ3v) is 2.83. The Labute approximate surface area is 107 Å². The van der Waals surface area contributed by atoms with Crippen LogP contribution in [-0.4, -0.2) is 31.9 Å². The van der Waals surface area contributed by atoms with E-state index in [0.717, 1.165) is 16.3 Å². The number of pyridine rings is 1. The van der Waals surface area contributed by atoms with Gasteiger partial charge in [-0.25, -0.2) is 0 Å². The molecular formula is C14H18N2O2. The van der Waals surface area contributed by atoms with E-state index >= 15 is 0 Å². The van der Waals surface area contributed by atoms with Crippen molar-refractivity contribution < 1.29 is 9.47 Å². The quantitative estimate of drug-likeness (QED) is 0.791. The Morgan fingerprint density at radius 3 is 2.89 bits per heavy atom. The van der Waals surface area contributed by atoms with Crippen molar-refractivity contribution in [3.63, 3.8) is 0 Å². The summed E-state index contributed by atoms with van der Waals surface area (Å²) in [4.78, 5) is 4.22. The third kappa shape index (κ3) is 3.04. The topological polar surface area (TPSA) is 57.4 Å². The number of hydrogen-bond acceptors (Lipinski definition) is 4. The molecule has 4 heteroatoms. The molecule has 2 rings (SSSR count). The molecule has 2 aromatic rings. The number of methoxy groups -OCH3 is 1. The normalized spacial score (nSPS) is 12.8. The highest BCUT2D eigenvalue weighted by Crippen LogP contribution is 2.21. The van der Waals surface area contributed by atoms with Crippen LogP contribution >= 0.6 is 0 Å². The number of benzene rings is 1. The SMILES string of the molecule is COCCOCC(N)c1cncc2ccccc12. The summed E-state index contributed by atoms with van der Waals surface area (Å²) in [5, 5.41) is 2.23. The van der Waals surface area contributed by atoms with E-state index in [1.54, 1.807) is 7.11 Å². The predicted molar refractivity (Wildman–Crippen MR) is 71.4 cm³/mol. The summed E-state index contributed by atoms with van der Waals surface area (Å²) >= 11 is 0. The van der Waals surface area contributed by atoms with Gasteiger partial charge < -0.3 is 15.2 Å². The van der Waals surface area contributed by atoms with Gasteiger partial charge in [-0.3, -0.25) is 4.98 Å². The van der Waals surface area contributed by atoms with Crippen LogP contribution in [0.2, 0.25) is 0 Å². The Morgan fingerprint density at radius 2 is 2.06 bits per heavy atom. The highest BCUT2D eigenvalue weighted by molar-refractivity contribution is 5.85. The minimum atomic E-state index is -0.166. The van der Waals surface area contributed by atoms with E-state index in [2.05, 4.69) is 11.1 Å². The van der Waals surface area contributed by atoms with Crippen LogP contribution in [0.5, 0.6) is 0 Å². The van der Waals surface area contributed by atoms with Gasteiger partial charge in [0.25, 0.3) is 0 Å². The fraction of sp³-hybridized carbons (Fsp3) is 0.357. The maximum absolute atomic E-state index is 6.14. The zero-order valence-corrected chi connectivity index (χ0v) is 10.5. The number of fused-ring (bicyclic) bond motifs is 1. The lowest BCUT2D eigenvalue weighted by molar-refractivity contribution is 0.0637. The second-order valence-corrected chi connectivity index (χ2v) is 4.12. The fourth-order valence-corrected chi connectivity index (χ4v) is 1.88. The van der Waals surface area contributed by atoms with Crippen LogP contribution < -0.4 is 5.73 Å². The summed E-state index contributed by atoms with van der Waals surface area (Å²) in [5.41, 5.74) is 7.16. The Morgan fingerprint density at radius 1 is 1.22 bits per heavy atom. The van der Waals surface area contributed by atoms with Gasteiger partial charge in [-0.1, -0.05) is 24.3 Å². The van der Waals surface area contributed by atoms with E-state index in [-0.39, 0.29) is 6.04 Å². The van der Waals surface area contributed by atoms with Crippen molar-refractivity contribution in [2.24, 2.45) is 5.73 Å². The summed E-state index contributed by atoms with van der Waals surface area (Å²) in [6.45, 7) is 1.61. The van der Waals surface area contributed by atoms with Crippen LogP contribution in [-0.2, 0) is 9.47 Å². The van der Waals surface area contributed by atoms with Crippen LogP contribution in [0, 0.1) is 0 Å². The Bertz CT molecular complexity index is 497. The van der Waals surface area contributed by atoms with Crippen LogP contribution in [0.4, 0.5) is 0 Å². The first-order valence-electron chi connectivity index (χ1n) is 5.98. The highest BCUT2D eigenvalue weighted by Gasteiger charge is 2.10. The summed E-state index contributed by atoms with van der Waals surface area (Å²) in [7, 11) is 1.65. The molecule has 2 N–H and O–H groups in total. The molecule has 0 fully saturated rings. The van der Waals surface area contributed by atoms with Crippen molar-refractivity contribution in [1.82, 2.24) is 4.98 Å². The first-order valence-corrected chi connectivity index (χ1v) is 5.98. The zero-order chi connectivity index (χ0) is 12.8. The number of hydrogen-bond donors (Lipinski definition) is 1. The van der Waals surface area contributed by atoms with E-state index < -0.39 is 0 Å². The molecule has 0 amide bonds. The minimum Gasteiger partial charge on any atom is -0.382 e. The second kappa shape index (κ2) is 6.44. The molecule has 1 heterocycles. The average Bonchev–Trinajstić information content (AvgIpc) is 2.43. The lowest BCUT2D eigenvalue weighted by Crippen LogP contribution is -2.19. The lowest BCUT2D eigenvalue weighted by Gasteiger charge is -2.14. The number of nitrogens with zero attached hydrogens (tertiary/aromatic N) is 1. The summed E-state index contributed by atoms with van der Waals surface area (Å²) in [6, 6.07) is 7.92. The van der Waals surface area contributed by atoms with Gasteiger partial charge in [0.2, 0.25) is 0 Å². The van der Waals surface area contributed by atoms with Crippen LogP contribution in [0.25, 0.3) is 10.8 Å². The molecule has 96 valence electrons. The molecular weight excluding hydrogens is 228 g/mol. The molecule has 4 nitrogen and oxygen atoms in total. The largest absolute Gasteiger partial charge is 0.382 e. The van der Waals surface area contributed by atoms with Gasteiger partial charge in [0, 0.05) is 24.9 Å². The van der Waals surface area contributed by atoms with Crippen LogP contribution in [0.15, 0.2) is 36.7 Å². The first-order chi connectivity index (χ1) is 8.83. The van der Waals surface area contributed by atoms with Crippen molar-refractivity contribution in [3.05, 3.63) is 42.2 Å². The lowest BCUT2D eigenvalue weighted by atomic mass is 10.0. The molecule has 0 spiro atoms. The first kappa shape index (κ1) is 13.0.